The quantitative estimate of drug-likeness (QED) is 0.458. The van der Waals surface area contributed by atoms with Gasteiger partial charge >= 0.3 is 5.97 Å². The van der Waals surface area contributed by atoms with Gasteiger partial charge in [0.15, 0.2) is 5.78 Å². The van der Waals surface area contributed by atoms with Crippen molar-refractivity contribution in [2.24, 2.45) is 0 Å². The van der Waals surface area contributed by atoms with Gasteiger partial charge in [0, 0.05) is 10.9 Å². The van der Waals surface area contributed by atoms with Crippen molar-refractivity contribution in [1.82, 2.24) is 0 Å². The van der Waals surface area contributed by atoms with Crippen LogP contribution < -0.4 is 0 Å². The first kappa shape index (κ1) is 14.4. The summed E-state index contributed by atoms with van der Waals surface area (Å²) in [5.41, 5.74) is 0.692. The summed E-state index contributed by atoms with van der Waals surface area (Å²) in [5.74, 6) is -0.601. The van der Waals surface area contributed by atoms with Crippen molar-refractivity contribution < 1.29 is 14.3 Å². The second kappa shape index (κ2) is 6.91. The van der Waals surface area contributed by atoms with Crippen LogP contribution in [0.15, 0.2) is 24.3 Å². The standard InChI is InChI=1S/C12H12Br2O3/c1-2-17-12(16)9-6-4-3-5-8(9)11(15)10(14)7-13/h3-6,10H,2,7H2,1H3. The molecule has 5 heteroatoms. The number of alkyl halides is 2. The second-order valence-corrected chi connectivity index (χ2v) is 5.00. The van der Waals surface area contributed by atoms with Crippen LogP contribution in [0.4, 0.5) is 0 Å². The van der Waals surface area contributed by atoms with Crippen LogP contribution in [-0.4, -0.2) is 28.5 Å². The Hall–Kier alpha value is -0.680. The molecule has 0 saturated heterocycles. The third-order valence-corrected chi connectivity index (χ3v) is 4.36. The number of Topliss-reactive ketones (excluding diaryl/α,β-unsaturated/α-hetero) is 1. The summed E-state index contributed by atoms with van der Waals surface area (Å²) >= 11 is 6.47. The molecule has 3 nitrogen and oxygen atoms in total. The molecule has 0 N–H and O–H groups in total. The number of carbonyl (C=O) groups excluding carboxylic acids is 2. The lowest BCUT2D eigenvalue weighted by atomic mass is 10.0. The molecule has 1 aromatic rings. The first-order chi connectivity index (χ1) is 8.11. The predicted molar refractivity (Wildman–Crippen MR) is 73.2 cm³/mol. The molecule has 92 valence electrons. The minimum absolute atomic E-state index is 0.134. The van der Waals surface area contributed by atoms with Gasteiger partial charge in [0.1, 0.15) is 0 Å². The number of benzene rings is 1. The topological polar surface area (TPSA) is 43.4 Å². The Morgan fingerprint density at radius 2 is 1.88 bits per heavy atom. The van der Waals surface area contributed by atoms with E-state index in [2.05, 4.69) is 31.9 Å². The highest BCUT2D eigenvalue weighted by molar-refractivity contribution is 9.12. The maximum atomic E-state index is 12.0. The van der Waals surface area contributed by atoms with Crippen LogP contribution in [0, 0.1) is 0 Å². The summed E-state index contributed by atoms with van der Waals surface area (Å²) < 4.78 is 4.91. The lowest BCUT2D eigenvalue weighted by molar-refractivity contribution is 0.0523. The number of ether oxygens (including phenoxy) is 1. The van der Waals surface area contributed by atoms with Crippen LogP contribution in [-0.2, 0) is 4.74 Å². The Balaban J connectivity index is 3.07. The Bertz CT molecular complexity index is 418. The number of ketones is 1. The Labute approximate surface area is 117 Å². The van der Waals surface area contributed by atoms with E-state index >= 15 is 0 Å². The number of halogens is 2. The average molecular weight is 364 g/mol. The van der Waals surface area contributed by atoms with Crippen molar-refractivity contribution in [2.75, 3.05) is 11.9 Å². The van der Waals surface area contributed by atoms with Crippen LogP contribution in [0.2, 0.25) is 0 Å². The van der Waals surface area contributed by atoms with Gasteiger partial charge in [-0.25, -0.2) is 4.79 Å². The van der Waals surface area contributed by atoms with Crippen molar-refractivity contribution in [2.45, 2.75) is 11.8 Å². The fourth-order valence-corrected chi connectivity index (χ4v) is 1.86. The van der Waals surface area contributed by atoms with Crippen molar-refractivity contribution in [3.63, 3.8) is 0 Å². The van der Waals surface area contributed by atoms with Crippen molar-refractivity contribution >= 4 is 43.6 Å². The molecule has 1 atom stereocenters. The Morgan fingerprint density at radius 3 is 2.41 bits per heavy atom. The normalized spacial score (nSPS) is 11.9. The average Bonchev–Trinajstić information content (AvgIpc) is 2.37. The van der Waals surface area contributed by atoms with E-state index in [0.717, 1.165) is 0 Å². The molecular weight excluding hydrogens is 352 g/mol. The molecule has 0 saturated carbocycles. The molecule has 17 heavy (non-hydrogen) atoms. The molecule has 0 aliphatic heterocycles. The zero-order valence-corrected chi connectivity index (χ0v) is 12.5. The highest BCUT2D eigenvalue weighted by Crippen LogP contribution is 2.17. The fraction of sp³-hybridized carbons (Fsp3) is 0.333. The summed E-state index contributed by atoms with van der Waals surface area (Å²) in [4.78, 5) is 23.4. The molecule has 0 bridgehead atoms. The summed E-state index contributed by atoms with van der Waals surface area (Å²) in [7, 11) is 0. The summed E-state index contributed by atoms with van der Waals surface area (Å²) in [6.07, 6.45) is 0. The molecule has 0 fully saturated rings. The van der Waals surface area contributed by atoms with Crippen molar-refractivity contribution in [3.05, 3.63) is 35.4 Å². The summed E-state index contributed by atoms with van der Waals surface area (Å²) in [6.45, 7) is 2.02. The first-order valence-corrected chi connectivity index (χ1v) is 7.16. The third-order valence-electron chi connectivity index (χ3n) is 2.11. The van der Waals surface area contributed by atoms with Gasteiger partial charge < -0.3 is 4.74 Å². The lowest BCUT2D eigenvalue weighted by Gasteiger charge is -2.10. The molecule has 0 heterocycles. The van der Waals surface area contributed by atoms with Crippen LogP contribution in [0.1, 0.15) is 27.6 Å². The minimum atomic E-state index is -0.467. The SMILES string of the molecule is CCOC(=O)c1ccccc1C(=O)C(Br)CBr. The third kappa shape index (κ3) is 3.64. The smallest absolute Gasteiger partial charge is 0.338 e. The maximum Gasteiger partial charge on any atom is 0.338 e. The summed E-state index contributed by atoms with van der Waals surface area (Å²) in [5, 5.41) is 0.489. The lowest BCUT2D eigenvalue weighted by Crippen LogP contribution is -2.19. The van der Waals surface area contributed by atoms with Gasteiger partial charge in [-0.15, -0.1) is 0 Å². The van der Waals surface area contributed by atoms with Gasteiger partial charge in [-0.1, -0.05) is 50.1 Å². The van der Waals surface area contributed by atoms with Crippen LogP contribution in [0.5, 0.6) is 0 Å². The van der Waals surface area contributed by atoms with E-state index in [1.54, 1.807) is 31.2 Å². The Morgan fingerprint density at radius 1 is 1.29 bits per heavy atom. The van der Waals surface area contributed by atoms with Gasteiger partial charge in [0.25, 0.3) is 0 Å². The largest absolute Gasteiger partial charge is 0.462 e. The monoisotopic (exact) mass is 362 g/mol. The number of hydrogen-bond acceptors (Lipinski definition) is 3. The molecule has 0 aromatic heterocycles. The van der Waals surface area contributed by atoms with Gasteiger partial charge in [-0.2, -0.15) is 0 Å². The second-order valence-electron chi connectivity index (χ2n) is 3.25. The van der Waals surface area contributed by atoms with E-state index in [-0.39, 0.29) is 17.2 Å². The summed E-state index contributed by atoms with van der Waals surface area (Å²) in [6, 6.07) is 6.66. The minimum Gasteiger partial charge on any atom is -0.462 e. The zero-order valence-electron chi connectivity index (χ0n) is 9.28. The van der Waals surface area contributed by atoms with Gasteiger partial charge in [0.2, 0.25) is 0 Å². The highest BCUT2D eigenvalue weighted by atomic mass is 79.9. The predicted octanol–water partition coefficient (Wildman–Crippen LogP) is 3.20. The number of carbonyl (C=O) groups is 2. The molecule has 1 rings (SSSR count). The van der Waals surface area contributed by atoms with Gasteiger partial charge in [-0.05, 0) is 13.0 Å². The molecule has 1 unspecified atom stereocenters. The molecule has 1 aromatic carbocycles. The number of esters is 1. The van der Waals surface area contributed by atoms with Crippen molar-refractivity contribution in [3.8, 4) is 0 Å². The van der Waals surface area contributed by atoms with Crippen molar-refractivity contribution in [1.29, 1.82) is 0 Å². The van der Waals surface area contributed by atoms with E-state index in [1.165, 1.54) is 0 Å². The molecule has 0 spiro atoms. The van der Waals surface area contributed by atoms with E-state index in [4.69, 9.17) is 4.74 Å². The number of hydrogen-bond donors (Lipinski definition) is 0. The van der Waals surface area contributed by atoms with Crippen LogP contribution in [0.25, 0.3) is 0 Å². The van der Waals surface area contributed by atoms with E-state index in [0.29, 0.717) is 16.5 Å². The van der Waals surface area contributed by atoms with E-state index in [1.807, 2.05) is 0 Å². The highest BCUT2D eigenvalue weighted by Gasteiger charge is 2.22. The van der Waals surface area contributed by atoms with E-state index < -0.39 is 5.97 Å². The molecule has 0 aliphatic carbocycles. The van der Waals surface area contributed by atoms with Gasteiger partial charge in [0.05, 0.1) is 17.0 Å². The van der Waals surface area contributed by atoms with Crippen LogP contribution in [0.3, 0.4) is 0 Å². The molecule has 0 radical (unpaired) electrons. The molecule has 0 aliphatic rings. The molecule has 0 amide bonds. The zero-order chi connectivity index (χ0) is 12.8. The number of rotatable bonds is 5. The Kier molecular flexibility index (Phi) is 5.85. The first-order valence-electron chi connectivity index (χ1n) is 5.12. The molecular formula is C12H12Br2O3. The van der Waals surface area contributed by atoms with E-state index in [9.17, 15) is 9.59 Å². The maximum absolute atomic E-state index is 12.0. The fourth-order valence-electron chi connectivity index (χ4n) is 1.32. The van der Waals surface area contributed by atoms with Gasteiger partial charge in [-0.3, -0.25) is 4.79 Å². The van der Waals surface area contributed by atoms with Crippen LogP contribution >= 0.6 is 31.9 Å².